The Hall–Kier alpha value is -6.39. The van der Waals surface area contributed by atoms with Crippen LogP contribution < -0.4 is 25.6 Å². The number of piperidine rings is 3. The number of aromatic amines is 1. The molecule has 360 valence electrons. The van der Waals surface area contributed by atoms with Gasteiger partial charge < -0.3 is 35.1 Å². The van der Waals surface area contributed by atoms with Crippen LogP contribution in [0.2, 0.25) is 5.02 Å². The van der Waals surface area contributed by atoms with Gasteiger partial charge in [0.05, 0.1) is 33.5 Å². The number of hydrogen-bond acceptors (Lipinski definition) is 11. The van der Waals surface area contributed by atoms with E-state index in [0.29, 0.717) is 68.7 Å². The third-order valence-electron chi connectivity index (χ3n) is 14.9. The van der Waals surface area contributed by atoms with Crippen molar-refractivity contribution in [3.63, 3.8) is 0 Å². The van der Waals surface area contributed by atoms with Gasteiger partial charge in [0.15, 0.2) is 11.4 Å². The number of halogens is 2. The van der Waals surface area contributed by atoms with Gasteiger partial charge in [0.2, 0.25) is 17.7 Å². The van der Waals surface area contributed by atoms with E-state index in [2.05, 4.69) is 40.9 Å². The second-order valence-electron chi connectivity index (χ2n) is 19.4. The summed E-state index contributed by atoms with van der Waals surface area (Å²) in [6.07, 6.45) is 12.7. The minimum atomic E-state index is -0.727. The molecule has 15 nitrogen and oxygen atoms in total. The molecule has 1 unspecified atom stereocenters. The molecular weight excluding hydrogens is 901 g/mol. The molecule has 69 heavy (non-hydrogen) atoms. The van der Waals surface area contributed by atoms with Gasteiger partial charge in [-0.1, -0.05) is 29.8 Å². The van der Waals surface area contributed by atoms with Gasteiger partial charge in [0.25, 0.3) is 5.91 Å². The molecule has 4 N–H and O–H groups in total. The van der Waals surface area contributed by atoms with Gasteiger partial charge in [-0.2, -0.15) is 5.10 Å². The van der Waals surface area contributed by atoms with Crippen LogP contribution in [0.4, 0.5) is 15.8 Å². The maximum atomic E-state index is 15.5. The molecule has 4 fully saturated rings. The van der Waals surface area contributed by atoms with Crippen molar-refractivity contribution in [3.05, 3.63) is 106 Å². The number of ether oxygens (including phenoxy) is 1. The molecule has 6 heterocycles. The minimum absolute atomic E-state index is 0.122. The van der Waals surface area contributed by atoms with Crippen LogP contribution >= 0.6 is 11.6 Å². The lowest BCUT2D eigenvalue weighted by Crippen LogP contribution is -2.52. The highest BCUT2D eigenvalue weighted by molar-refractivity contribution is 6.36. The number of ketones is 1. The Morgan fingerprint density at radius 2 is 1.59 bits per heavy atom. The zero-order chi connectivity index (χ0) is 47.6. The fourth-order valence-electron chi connectivity index (χ4n) is 11.0. The molecule has 0 radical (unpaired) electrons. The summed E-state index contributed by atoms with van der Waals surface area (Å²) in [5.74, 6) is 0.398. The van der Waals surface area contributed by atoms with Gasteiger partial charge in [0, 0.05) is 67.9 Å². The summed E-state index contributed by atoms with van der Waals surface area (Å²) in [7, 11) is 0. The number of fused-ring (bicyclic) bond motifs is 2. The third kappa shape index (κ3) is 10.3. The fourth-order valence-corrected chi connectivity index (χ4v) is 11.2. The zero-order valence-electron chi connectivity index (χ0n) is 38.5. The Morgan fingerprint density at radius 1 is 0.841 bits per heavy atom. The molecule has 2 aromatic heterocycles. The number of carbonyl (C=O) groups is 5. The molecular formula is C52H57ClFN9O6. The number of anilines is 2. The third-order valence-corrected chi connectivity index (χ3v) is 15.2. The van der Waals surface area contributed by atoms with Crippen molar-refractivity contribution in [2.75, 3.05) is 42.9 Å². The molecule has 0 bridgehead atoms. The Morgan fingerprint density at radius 3 is 2.35 bits per heavy atom. The van der Waals surface area contributed by atoms with E-state index in [1.165, 1.54) is 11.0 Å². The predicted octanol–water partition coefficient (Wildman–Crippen LogP) is 7.78. The number of H-pyrrole nitrogens is 1. The number of para-hydroxylation sites is 1. The van der Waals surface area contributed by atoms with Crippen molar-refractivity contribution in [3.8, 4) is 11.5 Å². The van der Waals surface area contributed by atoms with Gasteiger partial charge in [-0.15, -0.1) is 5.10 Å². The van der Waals surface area contributed by atoms with E-state index in [1.54, 1.807) is 36.7 Å². The van der Waals surface area contributed by atoms with Crippen molar-refractivity contribution in [2.45, 2.75) is 102 Å². The topological polar surface area (TPSA) is 182 Å². The van der Waals surface area contributed by atoms with Crippen molar-refractivity contribution in [2.24, 2.45) is 11.8 Å². The number of benzene rings is 3. The van der Waals surface area contributed by atoms with Crippen LogP contribution in [0.25, 0.3) is 11.0 Å². The Bertz CT molecular complexity index is 2750. The number of likely N-dealkylation sites (tertiary alicyclic amines) is 1. The van der Waals surface area contributed by atoms with Gasteiger partial charge in [0.1, 0.15) is 23.4 Å². The highest BCUT2D eigenvalue weighted by atomic mass is 35.5. The van der Waals surface area contributed by atoms with E-state index in [0.717, 1.165) is 96.2 Å². The molecule has 0 spiro atoms. The van der Waals surface area contributed by atoms with Crippen LogP contribution in [-0.4, -0.2) is 105 Å². The smallest absolute Gasteiger partial charge is 0.255 e. The largest absolute Gasteiger partial charge is 0.457 e. The highest BCUT2D eigenvalue weighted by Crippen LogP contribution is 2.36. The van der Waals surface area contributed by atoms with Crippen molar-refractivity contribution >= 4 is 63.4 Å². The molecule has 3 aromatic carbocycles. The first kappa shape index (κ1) is 46.3. The quantitative estimate of drug-likeness (QED) is 0.0630. The number of nitrogens with zero attached hydrogens (tertiary/aromatic N) is 5. The normalized spacial score (nSPS) is 21.6. The maximum Gasteiger partial charge on any atom is 0.255 e. The summed E-state index contributed by atoms with van der Waals surface area (Å²) < 4.78 is 21.4. The molecule has 10 rings (SSSR count). The van der Waals surface area contributed by atoms with Gasteiger partial charge in [-0.05, 0) is 138 Å². The average Bonchev–Trinajstić information content (AvgIpc) is 3.93. The Labute approximate surface area is 404 Å². The number of hydrogen-bond donors (Lipinski definition) is 4. The lowest BCUT2D eigenvalue weighted by atomic mass is 9.89. The molecule has 3 saturated heterocycles. The van der Waals surface area contributed by atoms with E-state index in [4.69, 9.17) is 16.3 Å². The lowest BCUT2D eigenvalue weighted by Gasteiger charge is -2.36. The fraction of sp³-hybridized carbons (Fsp3) is 0.442. The molecule has 1 atom stereocenters. The summed E-state index contributed by atoms with van der Waals surface area (Å²) >= 11 is 6.64. The first-order chi connectivity index (χ1) is 33.5. The molecule has 5 aliphatic rings. The number of nitrogens with one attached hydrogen (secondary N) is 4. The molecule has 5 aromatic rings. The molecule has 1 aliphatic carbocycles. The van der Waals surface area contributed by atoms with E-state index in [-0.39, 0.29) is 60.0 Å². The summed E-state index contributed by atoms with van der Waals surface area (Å²) in [5.41, 5.74) is 3.54. The van der Waals surface area contributed by atoms with Crippen molar-refractivity contribution < 1.29 is 33.1 Å². The summed E-state index contributed by atoms with van der Waals surface area (Å²) in [5, 5.41) is 18.6. The predicted molar refractivity (Wildman–Crippen MR) is 259 cm³/mol. The number of rotatable bonds is 14. The lowest BCUT2D eigenvalue weighted by molar-refractivity contribution is -0.137. The monoisotopic (exact) mass is 957 g/mol. The molecule has 17 heteroatoms. The number of carbonyl (C=O) groups excluding carboxylic acids is 5. The summed E-state index contributed by atoms with van der Waals surface area (Å²) in [4.78, 5) is 73.6. The van der Waals surface area contributed by atoms with Crippen molar-refractivity contribution in [1.29, 1.82) is 0 Å². The highest BCUT2D eigenvalue weighted by Gasteiger charge is 2.40. The van der Waals surface area contributed by atoms with Crippen LogP contribution in [0, 0.1) is 17.7 Å². The number of aromatic nitrogens is 3. The zero-order valence-corrected chi connectivity index (χ0v) is 39.2. The van der Waals surface area contributed by atoms with Gasteiger partial charge in [-0.25, -0.2) is 4.39 Å². The standard InChI is InChI=1S/C52H57ClFN9O6/c53-41-26-37(69-36-4-2-1-3-5-36)10-11-38(41)49(66)40-28-55-50-48(40)43(29-56-60-50)57-34-6-8-35(9-7-34)58-47(65)24-32-15-20-61(21-16-32)19-14-31-17-22-62(23-18-31)45-25-33-30-63(52(68)39(33)27-42(45)54)44-12-13-46(64)59-51(44)67/h1-5,10-11,25-29,31-32,34-35,44H,6-9,12-24,30H2,(H,58,65)(H2,55,57,60)(H,59,64,67). The molecule has 1 saturated carbocycles. The first-order valence-corrected chi connectivity index (χ1v) is 24.8. The Balaban J connectivity index is 0.635. The van der Waals surface area contributed by atoms with Crippen molar-refractivity contribution in [1.82, 2.24) is 35.6 Å². The minimum Gasteiger partial charge on any atom is -0.457 e. The second-order valence-corrected chi connectivity index (χ2v) is 19.8. The number of amides is 4. The first-order valence-electron chi connectivity index (χ1n) is 24.4. The SMILES string of the molecule is O=C1CCC(N2Cc3cc(N4CCC(CCN5CCC(CC(=O)NC6CCC(Nc7cnnc8[nH]cc(C(=O)c9ccc(Oc%10ccccc%10)cc9Cl)c78)CC6)CC5)CC4)c(F)cc3C2=O)C(=O)N1. The van der Waals surface area contributed by atoms with E-state index < -0.39 is 17.8 Å². The van der Waals surface area contributed by atoms with Gasteiger partial charge in [-0.3, -0.25) is 29.3 Å². The van der Waals surface area contributed by atoms with Crippen LogP contribution in [0.5, 0.6) is 11.5 Å². The maximum absolute atomic E-state index is 15.5. The molecule has 4 amide bonds. The van der Waals surface area contributed by atoms with E-state index >= 15 is 4.39 Å². The Kier molecular flexibility index (Phi) is 13.6. The summed E-state index contributed by atoms with van der Waals surface area (Å²) in [6, 6.07) is 17.0. The average molecular weight is 959 g/mol. The van der Waals surface area contributed by atoms with Crippen LogP contribution in [-0.2, 0) is 20.9 Å². The van der Waals surface area contributed by atoms with Crippen LogP contribution in [0.1, 0.15) is 109 Å². The van der Waals surface area contributed by atoms with E-state index in [1.807, 2.05) is 30.3 Å². The van der Waals surface area contributed by atoms with Gasteiger partial charge >= 0.3 is 0 Å². The second kappa shape index (κ2) is 20.3. The molecule has 4 aliphatic heterocycles. The van der Waals surface area contributed by atoms with Crippen LogP contribution in [0.3, 0.4) is 0 Å². The van der Waals surface area contributed by atoms with Crippen LogP contribution in [0.15, 0.2) is 73.1 Å². The summed E-state index contributed by atoms with van der Waals surface area (Å²) in [6.45, 7) is 4.69. The van der Waals surface area contributed by atoms with E-state index in [9.17, 15) is 24.0 Å². The number of imide groups is 1.